The van der Waals surface area contributed by atoms with Gasteiger partial charge in [-0.1, -0.05) is 24.1 Å². The molecule has 0 radical (unpaired) electrons. The predicted molar refractivity (Wildman–Crippen MR) is 118 cm³/mol. The Morgan fingerprint density at radius 1 is 1.24 bits per heavy atom. The fourth-order valence-corrected chi connectivity index (χ4v) is 6.77. The highest BCUT2D eigenvalue weighted by Crippen LogP contribution is 2.44. The van der Waals surface area contributed by atoms with Crippen LogP contribution in [-0.4, -0.2) is 58.9 Å². The normalized spacial score (nSPS) is 28.6. The Morgan fingerprint density at radius 2 is 2.00 bits per heavy atom. The molecule has 3 saturated heterocycles. The molecule has 8 nitrogen and oxygen atoms in total. The number of aliphatic hydroxyl groups is 1. The van der Waals surface area contributed by atoms with Gasteiger partial charge in [0, 0.05) is 35.6 Å². The number of rotatable bonds is 7. The molecule has 1 amide bonds. The number of quaternary nitrogens is 1. The van der Waals surface area contributed by atoms with Gasteiger partial charge in [-0.05, 0) is 24.3 Å². The van der Waals surface area contributed by atoms with E-state index in [0.717, 1.165) is 51.6 Å². The van der Waals surface area contributed by atoms with Crippen molar-refractivity contribution in [3.8, 4) is 0 Å². The topological polar surface area (TPSA) is 102 Å². The van der Waals surface area contributed by atoms with Gasteiger partial charge in [0.15, 0.2) is 24.1 Å². The first-order chi connectivity index (χ1) is 15.5. The average molecular weight is 540 g/mol. The minimum absolute atomic E-state index is 0. The van der Waals surface area contributed by atoms with Crippen LogP contribution in [0.3, 0.4) is 0 Å². The highest BCUT2D eigenvalue weighted by molar-refractivity contribution is 7.10. The van der Waals surface area contributed by atoms with E-state index < -0.39 is 11.6 Å². The van der Waals surface area contributed by atoms with Gasteiger partial charge in [0.1, 0.15) is 12.8 Å². The van der Waals surface area contributed by atoms with Gasteiger partial charge < -0.3 is 41.1 Å². The first-order valence-electron chi connectivity index (χ1n) is 11.5. The lowest BCUT2D eigenvalue weighted by atomic mass is 9.82. The van der Waals surface area contributed by atoms with E-state index in [1.807, 2.05) is 17.5 Å². The average Bonchev–Trinajstić information content (AvgIpc) is 3.57. The molecule has 1 unspecified atom stereocenters. The number of halogens is 1. The van der Waals surface area contributed by atoms with Crippen molar-refractivity contribution in [2.75, 3.05) is 31.5 Å². The number of hydrogen-bond donors (Lipinski definition) is 2. The Bertz CT molecular complexity index is 939. The molecule has 0 spiro atoms. The van der Waals surface area contributed by atoms with Gasteiger partial charge in [-0.15, -0.1) is 11.3 Å². The fraction of sp³-hybridized carbons (Fsp3) is 0.609. The zero-order valence-electron chi connectivity index (χ0n) is 18.5. The molecule has 2 aromatic heterocycles. The summed E-state index contributed by atoms with van der Waals surface area (Å²) >= 11 is 1.41. The molecule has 3 aliphatic heterocycles. The van der Waals surface area contributed by atoms with E-state index in [9.17, 15) is 14.7 Å². The van der Waals surface area contributed by atoms with Gasteiger partial charge in [-0.25, -0.2) is 4.79 Å². The maximum atomic E-state index is 13.5. The van der Waals surface area contributed by atoms with Crippen LogP contribution in [0.25, 0.3) is 0 Å². The quantitative estimate of drug-likeness (QED) is 0.376. The van der Waals surface area contributed by atoms with Gasteiger partial charge in [0.25, 0.3) is 5.91 Å². The summed E-state index contributed by atoms with van der Waals surface area (Å²) in [6.07, 6.45) is 6.68. The molecular weight excluding hydrogens is 510 g/mol. The van der Waals surface area contributed by atoms with Gasteiger partial charge in [0.2, 0.25) is 0 Å². The third kappa shape index (κ3) is 4.76. The van der Waals surface area contributed by atoms with E-state index in [-0.39, 0.29) is 40.8 Å². The van der Waals surface area contributed by atoms with Crippen LogP contribution >= 0.6 is 11.3 Å². The number of thiophene rings is 1. The molecule has 2 N–H and O–H groups in total. The number of nitrogens with zero attached hydrogens (tertiary/aromatic N) is 2. The van der Waals surface area contributed by atoms with Crippen LogP contribution in [0.15, 0.2) is 34.4 Å². The van der Waals surface area contributed by atoms with Crippen molar-refractivity contribution in [3.05, 3.63) is 34.7 Å². The number of carbonyl (C=O) groups excluding carboxylic acids is 2. The Morgan fingerprint density at radius 3 is 2.64 bits per heavy atom. The number of piperidine rings is 3. The second-order valence-corrected chi connectivity index (χ2v) is 10.5. The minimum atomic E-state index is -1.58. The third-order valence-corrected chi connectivity index (χ3v) is 8.63. The van der Waals surface area contributed by atoms with E-state index in [1.165, 1.54) is 17.6 Å². The molecule has 10 heteroatoms. The predicted octanol–water partition coefficient (Wildman–Crippen LogP) is -0.0912. The standard InChI is InChI=1S/C23H29N3O5S.BrH/c27-21(24-20-9-12-30-25-20)15-26-10-7-16(8-11-26)18(14-26)31-22(28)23(29,17-4-1-2-5-17)19-6-3-13-32-19;/h3,6,9,12-13,16-18,29H,1-2,4-5,7-8,10-11,14-15H2;1H/t16?,18?,23-,26?;/m0./s1. The summed E-state index contributed by atoms with van der Waals surface area (Å²) in [6, 6.07) is 5.32. The number of fused-ring (bicyclic) bond motifs is 3. The number of amides is 1. The first-order valence-corrected chi connectivity index (χ1v) is 12.4. The van der Waals surface area contributed by atoms with E-state index in [0.29, 0.717) is 28.3 Å². The lowest BCUT2D eigenvalue weighted by molar-refractivity contribution is -0.939. The largest absolute Gasteiger partial charge is 1.00 e. The van der Waals surface area contributed by atoms with Crippen molar-refractivity contribution in [1.82, 2.24) is 5.16 Å². The van der Waals surface area contributed by atoms with Crippen molar-refractivity contribution in [1.29, 1.82) is 0 Å². The number of nitrogens with one attached hydrogen (secondary N) is 1. The lowest BCUT2D eigenvalue weighted by Crippen LogP contribution is -3.00. The van der Waals surface area contributed by atoms with Crippen molar-refractivity contribution in [2.45, 2.75) is 50.2 Å². The molecule has 2 atom stereocenters. The molecular formula is C23H30BrN3O5S. The van der Waals surface area contributed by atoms with Gasteiger partial charge in [-0.3, -0.25) is 4.79 Å². The number of carbonyl (C=O) groups is 2. The molecule has 33 heavy (non-hydrogen) atoms. The number of aromatic nitrogens is 1. The molecule has 6 rings (SSSR count). The van der Waals surface area contributed by atoms with Crippen molar-refractivity contribution < 1.29 is 45.4 Å². The summed E-state index contributed by atoms with van der Waals surface area (Å²) in [6.45, 7) is 2.70. The van der Waals surface area contributed by atoms with Crippen LogP contribution in [-0.2, 0) is 19.9 Å². The Balaban J connectivity index is 0.00000259. The lowest BCUT2D eigenvalue weighted by Gasteiger charge is -2.51. The van der Waals surface area contributed by atoms with E-state index in [1.54, 1.807) is 6.07 Å². The number of esters is 1. The van der Waals surface area contributed by atoms with E-state index in [4.69, 9.17) is 9.26 Å². The summed E-state index contributed by atoms with van der Waals surface area (Å²) < 4.78 is 11.5. The molecule has 4 fully saturated rings. The minimum Gasteiger partial charge on any atom is -1.00 e. The smallest absolute Gasteiger partial charge is 0.344 e. The fourth-order valence-electron chi connectivity index (χ4n) is 5.88. The molecule has 4 aliphatic rings. The molecule has 2 aromatic rings. The molecule has 2 bridgehead atoms. The summed E-state index contributed by atoms with van der Waals surface area (Å²) in [4.78, 5) is 26.8. The van der Waals surface area contributed by atoms with Gasteiger partial charge in [0.05, 0.1) is 13.1 Å². The zero-order valence-corrected chi connectivity index (χ0v) is 20.9. The summed E-state index contributed by atoms with van der Waals surface area (Å²) in [5.74, 6) is -0.0540. The SMILES string of the molecule is O=C(C[N+]12CCC(CC1)C(OC(=O)[C@@](O)(c1cccs1)C1CCCC1)C2)Nc1ccon1.[Br-]. The van der Waals surface area contributed by atoms with Crippen LogP contribution in [0.4, 0.5) is 5.82 Å². The second kappa shape index (κ2) is 9.85. The first kappa shape index (κ1) is 24.4. The third-order valence-electron chi connectivity index (χ3n) is 7.64. The Labute approximate surface area is 207 Å². The molecule has 1 aliphatic carbocycles. The number of anilines is 1. The van der Waals surface area contributed by atoms with Crippen molar-refractivity contribution in [3.63, 3.8) is 0 Å². The Hall–Kier alpha value is -1.75. The zero-order chi connectivity index (χ0) is 22.2. The second-order valence-electron chi connectivity index (χ2n) is 9.57. The van der Waals surface area contributed by atoms with Crippen molar-refractivity contribution in [2.24, 2.45) is 11.8 Å². The van der Waals surface area contributed by atoms with Crippen LogP contribution in [0.2, 0.25) is 0 Å². The van der Waals surface area contributed by atoms with Crippen LogP contribution < -0.4 is 22.3 Å². The summed E-state index contributed by atoms with van der Waals surface area (Å²) in [5, 5.41) is 20.1. The summed E-state index contributed by atoms with van der Waals surface area (Å²) in [5.41, 5.74) is -1.58. The number of hydrogen-bond acceptors (Lipinski definition) is 7. The highest BCUT2D eigenvalue weighted by Gasteiger charge is 2.53. The summed E-state index contributed by atoms with van der Waals surface area (Å²) in [7, 11) is 0. The van der Waals surface area contributed by atoms with E-state index >= 15 is 0 Å². The maximum absolute atomic E-state index is 13.5. The van der Waals surface area contributed by atoms with Crippen LogP contribution in [0.5, 0.6) is 0 Å². The van der Waals surface area contributed by atoms with E-state index in [2.05, 4.69) is 10.5 Å². The van der Waals surface area contributed by atoms with Crippen molar-refractivity contribution >= 4 is 29.0 Å². The maximum Gasteiger partial charge on any atom is 0.344 e. The van der Waals surface area contributed by atoms with Gasteiger partial charge >= 0.3 is 5.97 Å². The number of ether oxygens (including phenoxy) is 1. The Kier molecular flexibility index (Phi) is 7.28. The monoisotopic (exact) mass is 539 g/mol. The molecule has 0 aromatic carbocycles. The molecule has 1 saturated carbocycles. The van der Waals surface area contributed by atoms with Gasteiger partial charge in [-0.2, -0.15) is 0 Å². The highest BCUT2D eigenvalue weighted by atomic mass is 79.9. The molecule has 180 valence electrons. The van der Waals surface area contributed by atoms with Crippen LogP contribution in [0.1, 0.15) is 43.4 Å². The van der Waals surface area contributed by atoms with Crippen LogP contribution in [0, 0.1) is 11.8 Å². The molecule has 5 heterocycles.